The number of aryl methyl sites for hydroxylation is 1. The minimum atomic E-state index is -3.69. The van der Waals surface area contributed by atoms with Crippen molar-refractivity contribution in [1.29, 1.82) is 0 Å². The maximum absolute atomic E-state index is 12.7. The lowest BCUT2D eigenvalue weighted by molar-refractivity contribution is 0.111. The SMILES string of the molecule is CC[C@H](C)[C@H](NS(=O)(=O)c1ccccc1)C(O)c1ccccc1C. The second-order valence-electron chi connectivity index (χ2n) is 6.15. The van der Waals surface area contributed by atoms with Gasteiger partial charge in [0.25, 0.3) is 0 Å². The van der Waals surface area contributed by atoms with Gasteiger partial charge in [-0.2, -0.15) is 0 Å². The van der Waals surface area contributed by atoms with Gasteiger partial charge in [0.1, 0.15) is 0 Å². The monoisotopic (exact) mass is 347 g/mol. The zero-order chi connectivity index (χ0) is 17.7. The molecule has 0 bridgehead atoms. The molecular formula is C19H25NO3S. The molecule has 0 saturated heterocycles. The van der Waals surface area contributed by atoms with Gasteiger partial charge in [-0.1, -0.05) is 62.7 Å². The zero-order valence-corrected chi connectivity index (χ0v) is 15.1. The Morgan fingerprint density at radius 3 is 2.21 bits per heavy atom. The molecule has 0 radical (unpaired) electrons. The molecule has 2 N–H and O–H groups in total. The van der Waals surface area contributed by atoms with Crippen LogP contribution in [0.4, 0.5) is 0 Å². The summed E-state index contributed by atoms with van der Waals surface area (Å²) >= 11 is 0. The largest absolute Gasteiger partial charge is 0.387 e. The molecule has 24 heavy (non-hydrogen) atoms. The molecule has 0 amide bonds. The van der Waals surface area contributed by atoms with Crippen molar-refractivity contribution in [2.75, 3.05) is 0 Å². The van der Waals surface area contributed by atoms with E-state index in [4.69, 9.17) is 0 Å². The highest BCUT2D eigenvalue weighted by atomic mass is 32.2. The number of aliphatic hydroxyl groups excluding tert-OH is 1. The smallest absolute Gasteiger partial charge is 0.240 e. The van der Waals surface area contributed by atoms with Gasteiger partial charge in [-0.25, -0.2) is 13.1 Å². The van der Waals surface area contributed by atoms with E-state index in [0.29, 0.717) is 0 Å². The Labute approximate surface area is 144 Å². The molecule has 0 aliphatic carbocycles. The van der Waals surface area contributed by atoms with Gasteiger partial charge in [-0.05, 0) is 36.1 Å². The Hall–Kier alpha value is -1.69. The van der Waals surface area contributed by atoms with Gasteiger partial charge in [0.05, 0.1) is 17.0 Å². The number of nitrogens with one attached hydrogen (secondary N) is 1. The molecule has 0 saturated carbocycles. The third-order valence-electron chi connectivity index (χ3n) is 4.45. The fourth-order valence-electron chi connectivity index (χ4n) is 2.70. The molecule has 4 nitrogen and oxygen atoms in total. The molecule has 0 heterocycles. The van der Waals surface area contributed by atoms with E-state index in [1.807, 2.05) is 45.0 Å². The lowest BCUT2D eigenvalue weighted by atomic mass is 9.89. The summed E-state index contributed by atoms with van der Waals surface area (Å²) in [6, 6.07) is 15.2. The van der Waals surface area contributed by atoms with Crippen LogP contribution in [0.1, 0.15) is 37.5 Å². The summed E-state index contributed by atoms with van der Waals surface area (Å²) in [5.41, 5.74) is 1.69. The van der Waals surface area contributed by atoms with Crippen molar-refractivity contribution in [3.05, 3.63) is 65.7 Å². The van der Waals surface area contributed by atoms with Crippen molar-refractivity contribution in [2.45, 2.75) is 44.2 Å². The Morgan fingerprint density at radius 2 is 1.62 bits per heavy atom. The van der Waals surface area contributed by atoms with E-state index in [9.17, 15) is 13.5 Å². The van der Waals surface area contributed by atoms with Crippen LogP contribution in [0.2, 0.25) is 0 Å². The van der Waals surface area contributed by atoms with E-state index in [1.165, 1.54) is 0 Å². The van der Waals surface area contributed by atoms with Crippen molar-refractivity contribution in [3.63, 3.8) is 0 Å². The predicted octanol–water partition coefficient (Wildman–Crippen LogP) is 3.42. The molecule has 2 aromatic carbocycles. The van der Waals surface area contributed by atoms with Crippen LogP contribution in [0.3, 0.4) is 0 Å². The summed E-state index contributed by atoms with van der Waals surface area (Å²) < 4.78 is 28.0. The van der Waals surface area contributed by atoms with Crippen molar-refractivity contribution in [2.24, 2.45) is 5.92 Å². The quantitative estimate of drug-likeness (QED) is 0.806. The van der Waals surface area contributed by atoms with Crippen LogP contribution in [-0.2, 0) is 10.0 Å². The normalized spacial score (nSPS) is 15.7. The van der Waals surface area contributed by atoms with Crippen LogP contribution < -0.4 is 4.72 Å². The van der Waals surface area contributed by atoms with Crippen LogP contribution >= 0.6 is 0 Å². The Morgan fingerprint density at radius 1 is 1.04 bits per heavy atom. The summed E-state index contributed by atoms with van der Waals surface area (Å²) in [5, 5.41) is 10.8. The lowest BCUT2D eigenvalue weighted by Crippen LogP contribution is -2.43. The second kappa shape index (κ2) is 7.92. The number of aliphatic hydroxyl groups is 1. The summed E-state index contributed by atoms with van der Waals surface area (Å²) in [6.07, 6.45) is -0.148. The first-order valence-corrected chi connectivity index (χ1v) is 9.66. The average Bonchev–Trinajstić information content (AvgIpc) is 2.59. The first kappa shape index (κ1) is 18.6. The molecule has 0 fully saturated rings. The van der Waals surface area contributed by atoms with Gasteiger partial charge in [0.15, 0.2) is 0 Å². The summed E-state index contributed by atoms with van der Waals surface area (Å²) in [7, 11) is -3.69. The molecule has 2 aromatic rings. The van der Waals surface area contributed by atoms with E-state index >= 15 is 0 Å². The summed E-state index contributed by atoms with van der Waals surface area (Å²) in [6.45, 7) is 5.84. The second-order valence-corrected chi connectivity index (χ2v) is 7.86. The van der Waals surface area contributed by atoms with Crippen LogP contribution in [0, 0.1) is 12.8 Å². The summed E-state index contributed by atoms with van der Waals surface area (Å²) in [4.78, 5) is 0.204. The Kier molecular flexibility index (Phi) is 6.15. The average molecular weight is 347 g/mol. The molecule has 0 spiro atoms. The molecule has 1 unspecified atom stereocenters. The van der Waals surface area contributed by atoms with Crippen molar-refractivity contribution in [3.8, 4) is 0 Å². The molecule has 3 atom stereocenters. The van der Waals surface area contributed by atoms with Gasteiger partial charge in [0.2, 0.25) is 10.0 Å². The van der Waals surface area contributed by atoms with Crippen LogP contribution in [-0.4, -0.2) is 19.6 Å². The van der Waals surface area contributed by atoms with E-state index < -0.39 is 22.2 Å². The van der Waals surface area contributed by atoms with Crippen LogP contribution in [0.5, 0.6) is 0 Å². The Balaban J connectivity index is 2.35. The van der Waals surface area contributed by atoms with E-state index in [2.05, 4.69) is 4.72 Å². The lowest BCUT2D eigenvalue weighted by Gasteiger charge is -2.30. The molecule has 5 heteroatoms. The van der Waals surface area contributed by atoms with Gasteiger partial charge < -0.3 is 5.11 Å². The van der Waals surface area contributed by atoms with Gasteiger partial charge in [-0.15, -0.1) is 0 Å². The first-order valence-electron chi connectivity index (χ1n) is 8.17. The highest BCUT2D eigenvalue weighted by Crippen LogP contribution is 2.27. The van der Waals surface area contributed by atoms with Crippen LogP contribution in [0.15, 0.2) is 59.5 Å². The van der Waals surface area contributed by atoms with Crippen molar-refractivity contribution >= 4 is 10.0 Å². The molecule has 130 valence electrons. The minimum Gasteiger partial charge on any atom is -0.387 e. The maximum atomic E-state index is 12.7. The topological polar surface area (TPSA) is 66.4 Å². The fourth-order valence-corrected chi connectivity index (χ4v) is 4.08. The standard InChI is InChI=1S/C19H25NO3S/c1-4-14(2)18(19(21)17-13-9-8-10-15(17)3)20-24(22,23)16-11-6-5-7-12-16/h5-14,18-21H,4H2,1-3H3/t14-,18-,19?/m0/s1. The molecule has 0 aliphatic heterocycles. The van der Waals surface area contributed by atoms with Gasteiger partial charge in [0, 0.05) is 0 Å². The predicted molar refractivity (Wildman–Crippen MR) is 96.1 cm³/mol. The van der Waals surface area contributed by atoms with Crippen molar-refractivity contribution in [1.82, 2.24) is 4.72 Å². The van der Waals surface area contributed by atoms with Gasteiger partial charge >= 0.3 is 0 Å². The zero-order valence-electron chi connectivity index (χ0n) is 14.3. The minimum absolute atomic E-state index is 0.0157. The summed E-state index contributed by atoms with van der Waals surface area (Å²) in [5.74, 6) is -0.0157. The van der Waals surface area contributed by atoms with Crippen LogP contribution in [0.25, 0.3) is 0 Å². The van der Waals surface area contributed by atoms with E-state index in [-0.39, 0.29) is 10.8 Å². The highest BCUT2D eigenvalue weighted by Gasteiger charge is 2.31. The molecule has 0 aliphatic rings. The number of benzene rings is 2. The maximum Gasteiger partial charge on any atom is 0.240 e. The van der Waals surface area contributed by atoms with Crippen molar-refractivity contribution < 1.29 is 13.5 Å². The number of hydrogen-bond acceptors (Lipinski definition) is 3. The third-order valence-corrected chi connectivity index (χ3v) is 5.92. The van der Waals surface area contributed by atoms with E-state index in [0.717, 1.165) is 17.5 Å². The highest BCUT2D eigenvalue weighted by molar-refractivity contribution is 7.89. The molecule has 2 rings (SSSR count). The number of sulfonamides is 1. The van der Waals surface area contributed by atoms with Gasteiger partial charge in [-0.3, -0.25) is 0 Å². The number of rotatable bonds is 7. The number of hydrogen-bond donors (Lipinski definition) is 2. The Bertz CT molecular complexity index is 759. The fraction of sp³-hybridized carbons (Fsp3) is 0.368. The third kappa shape index (κ3) is 4.23. The molecule has 0 aromatic heterocycles. The first-order chi connectivity index (χ1) is 11.4. The van der Waals surface area contributed by atoms with E-state index in [1.54, 1.807) is 30.3 Å². The molecular weight excluding hydrogens is 322 g/mol.